The number of halogens is 2. The van der Waals surface area contributed by atoms with Crippen LogP contribution in [0.5, 0.6) is 0 Å². The SMILES string of the molecule is O=C(Cc1ccccc1Cl)[C@H]1CC12CCC(c1ccnc3ccc(F)cc13)CC2. The summed E-state index contributed by atoms with van der Waals surface area (Å²) in [6.45, 7) is 0. The molecule has 0 amide bonds. The zero-order valence-electron chi connectivity index (χ0n) is 16.2. The van der Waals surface area contributed by atoms with E-state index in [4.69, 9.17) is 11.6 Å². The standard InChI is InChI=1S/C25H23ClFNO/c26-22-4-2-1-3-17(22)13-24(29)21-15-25(21)10-7-16(8-11-25)19-9-12-28-23-6-5-18(27)14-20(19)23/h1-6,9,12,14,16,21H,7-8,10-11,13,15H2/t16?,21-,25?/m1/s1. The lowest BCUT2D eigenvalue weighted by molar-refractivity contribution is -0.120. The van der Waals surface area contributed by atoms with Gasteiger partial charge in [0.15, 0.2) is 0 Å². The molecule has 3 aromatic rings. The topological polar surface area (TPSA) is 30.0 Å². The van der Waals surface area contributed by atoms with Crippen molar-refractivity contribution in [2.24, 2.45) is 11.3 Å². The van der Waals surface area contributed by atoms with E-state index in [2.05, 4.69) is 4.98 Å². The molecule has 0 saturated heterocycles. The normalized spacial score (nSPS) is 26.0. The van der Waals surface area contributed by atoms with Crippen LogP contribution in [-0.2, 0) is 11.2 Å². The summed E-state index contributed by atoms with van der Waals surface area (Å²) < 4.78 is 13.8. The van der Waals surface area contributed by atoms with Crippen molar-refractivity contribution in [2.45, 2.75) is 44.4 Å². The van der Waals surface area contributed by atoms with Gasteiger partial charge in [-0.25, -0.2) is 4.39 Å². The Balaban J connectivity index is 1.28. The number of ketones is 1. The molecule has 2 fully saturated rings. The molecule has 0 radical (unpaired) electrons. The number of carbonyl (C=O) groups excluding carboxylic acids is 1. The molecule has 0 bridgehead atoms. The van der Waals surface area contributed by atoms with Crippen LogP contribution in [0.25, 0.3) is 10.9 Å². The van der Waals surface area contributed by atoms with Crippen molar-refractivity contribution >= 4 is 28.3 Å². The number of benzene rings is 2. The molecule has 5 rings (SSSR count). The van der Waals surface area contributed by atoms with Crippen LogP contribution in [0.15, 0.2) is 54.7 Å². The maximum absolute atomic E-state index is 13.8. The van der Waals surface area contributed by atoms with Crippen molar-refractivity contribution in [3.05, 3.63) is 76.7 Å². The van der Waals surface area contributed by atoms with Gasteiger partial charge in [-0.2, -0.15) is 0 Å². The Hall–Kier alpha value is -2.26. The van der Waals surface area contributed by atoms with Crippen molar-refractivity contribution in [3.8, 4) is 0 Å². The highest BCUT2D eigenvalue weighted by Gasteiger charge is 2.57. The third kappa shape index (κ3) is 3.46. The average Bonchev–Trinajstić information content (AvgIpc) is 3.43. The van der Waals surface area contributed by atoms with Crippen LogP contribution in [0, 0.1) is 17.2 Å². The molecule has 2 saturated carbocycles. The van der Waals surface area contributed by atoms with Gasteiger partial charge in [-0.05, 0) is 84.9 Å². The molecule has 1 spiro atoms. The second kappa shape index (κ2) is 7.21. The van der Waals surface area contributed by atoms with Crippen LogP contribution >= 0.6 is 11.6 Å². The van der Waals surface area contributed by atoms with Crippen LogP contribution in [0.1, 0.15) is 49.1 Å². The minimum Gasteiger partial charge on any atom is -0.299 e. The van der Waals surface area contributed by atoms with Crippen molar-refractivity contribution in [2.75, 3.05) is 0 Å². The minimum atomic E-state index is -0.216. The number of carbonyl (C=O) groups is 1. The van der Waals surface area contributed by atoms with Gasteiger partial charge in [0.2, 0.25) is 0 Å². The molecule has 0 aliphatic heterocycles. The maximum atomic E-state index is 13.8. The van der Waals surface area contributed by atoms with Crippen molar-refractivity contribution in [1.82, 2.24) is 4.98 Å². The lowest BCUT2D eigenvalue weighted by Gasteiger charge is -2.30. The Labute approximate surface area is 175 Å². The molecule has 1 aromatic heterocycles. The minimum absolute atomic E-state index is 0.173. The number of pyridine rings is 1. The first-order valence-corrected chi connectivity index (χ1v) is 10.7. The molecule has 29 heavy (non-hydrogen) atoms. The molecule has 4 heteroatoms. The van der Waals surface area contributed by atoms with E-state index in [1.54, 1.807) is 12.1 Å². The van der Waals surface area contributed by atoms with Crippen molar-refractivity contribution in [1.29, 1.82) is 0 Å². The highest BCUT2D eigenvalue weighted by atomic mass is 35.5. The van der Waals surface area contributed by atoms with Crippen LogP contribution < -0.4 is 0 Å². The quantitative estimate of drug-likeness (QED) is 0.493. The molecular weight excluding hydrogens is 385 g/mol. The number of nitrogens with zero attached hydrogens (tertiary/aromatic N) is 1. The predicted octanol–water partition coefficient (Wildman–Crippen LogP) is 6.50. The maximum Gasteiger partial charge on any atom is 0.140 e. The fourth-order valence-corrected chi connectivity index (χ4v) is 5.51. The smallest absolute Gasteiger partial charge is 0.140 e. The zero-order valence-corrected chi connectivity index (χ0v) is 17.0. The lowest BCUT2D eigenvalue weighted by atomic mass is 9.74. The highest BCUT2D eigenvalue weighted by molar-refractivity contribution is 6.31. The third-order valence-corrected chi connectivity index (χ3v) is 7.43. The third-order valence-electron chi connectivity index (χ3n) is 7.06. The Morgan fingerprint density at radius 3 is 2.72 bits per heavy atom. The van der Waals surface area contributed by atoms with Gasteiger partial charge in [-0.15, -0.1) is 0 Å². The molecular formula is C25H23ClFNO. The fourth-order valence-electron chi connectivity index (χ4n) is 5.31. The van der Waals surface area contributed by atoms with E-state index >= 15 is 0 Å². The molecule has 148 valence electrons. The summed E-state index contributed by atoms with van der Waals surface area (Å²) in [5.74, 6) is 0.693. The van der Waals surface area contributed by atoms with E-state index in [1.165, 1.54) is 11.6 Å². The van der Waals surface area contributed by atoms with Crippen molar-refractivity contribution < 1.29 is 9.18 Å². The Bertz CT molecular complexity index is 1090. The number of rotatable bonds is 4. The number of Topliss-reactive ketones (excluding diaryl/α,β-unsaturated/α-hetero) is 1. The summed E-state index contributed by atoms with van der Waals surface area (Å²) in [5.41, 5.74) is 3.16. The van der Waals surface area contributed by atoms with Gasteiger partial charge in [-0.3, -0.25) is 9.78 Å². The zero-order chi connectivity index (χ0) is 20.0. The molecule has 2 nitrogen and oxygen atoms in total. The Morgan fingerprint density at radius 2 is 1.93 bits per heavy atom. The summed E-state index contributed by atoms with van der Waals surface area (Å²) in [7, 11) is 0. The number of fused-ring (bicyclic) bond motifs is 1. The summed E-state index contributed by atoms with van der Waals surface area (Å²) in [5, 5.41) is 1.60. The van der Waals surface area contributed by atoms with Gasteiger partial charge in [0.05, 0.1) is 5.52 Å². The molecule has 0 N–H and O–H groups in total. The average molecular weight is 408 g/mol. The van der Waals surface area contributed by atoms with Gasteiger partial charge in [0, 0.05) is 28.9 Å². The van der Waals surface area contributed by atoms with Crippen LogP contribution in [0.3, 0.4) is 0 Å². The monoisotopic (exact) mass is 407 g/mol. The van der Waals surface area contributed by atoms with Crippen molar-refractivity contribution in [3.63, 3.8) is 0 Å². The largest absolute Gasteiger partial charge is 0.299 e. The van der Waals surface area contributed by atoms with Crippen LogP contribution in [0.2, 0.25) is 5.02 Å². The Morgan fingerprint density at radius 1 is 1.14 bits per heavy atom. The summed E-state index contributed by atoms with van der Waals surface area (Å²) in [4.78, 5) is 17.2. The predicted molar refractivity (Wildman–Crippen MR) is 114 cm³/mol. The van der Waals surface area contributed by atoms with Crippen LogP contribution in [0.4, 0.5) is 4.39 Å². The lowest BCUT2D eigenvalue weighted by Crippen LogP contribution is -2.20. The van der Waals surface area contributed by atoms with Gasteiger partial charge < -0.3 is 0 Å². The van der Waals surface area contributed by atoms with Gasteiger partial charge in [0.25, 0.3) is 0 Å². The number of aromatic nitrogens is 1. The highest BCUT2D eigenvalue weighted by Crippen LogP contribution is 2.63. The van der Waals surface area contributed by atoms with E-state index in [0.717, 1.165) is 48.6 Å². The molecule has 2 aliphatic rings. The van der Waals surface area contributed by atoms with E-state index < -0.39 is 0 Å². The second-order valence-electron chi connectivity index (χ2n) is 8.69. The van der Waals surface area contributed by atoms with E-state index in [1.807, 2.05) is 36.5 Å². The van der Waals surface area contributed by atoms with Gasteiger partial charge >= 0.3 is 0 Å². The van der Waals surface area contributed by atoms with Crippen LogP contribution in [-0.4, -0.2) is 10.8 Å². The number of hydrogen-bond donors (Lipinski definition) is 0. The molecule has 2 aliphatic carbocycles. The molecule has 1 heterocycles. The first-order chi connectivity index (χ1) is 14.1. The molecule has 2 aromatic carbocycles. The summed E-state index contributed by atoms with van der Waals surface area (Å²) in [6, 6.07) is 14.5. The fraction of sp³-hybridized carbons (Fsp3) is 0.360. The second-order valence-corrected chi connectivity index (χ2v) is 9.10. The van der Waals surface area contributed by atoms with E-state index in [0.29, 0.717) is 23.1 Å². The first-order valence-electron chi connectivity index (χ1n) is 10.4. The first kappa shape index (κ1) is 18.7. The summed E-state index contributed by atoms with van der Waals surface area (Å²) >= 11 is 6.23. The number of hydrogen-bond acceptors (Lipinski definition) is 2. The van der Waals surface area contributed by atoms with E-state index in [-0.39, 0.29) is 17.2 Å². The van der Waals surface area contributed by atoms with Gasteiger partial charge in [-0.1, -0.05) is 29.8 Å². The Kier molecular flexibility index (Phi) is 4.66. The molecule has 0 unspecified atom stereocenters. The summed E-state index contributed by atoms with van der Waals surface area (Å²) in [6.07, 6.45) is 7.49. The van der Waals surface area contributed by atoms with Gasteiger partial charge in [0.1, 0.15) is 11.6 Å². The van der Waals surface area contributed by atoms with E-state index in [9.17, 15) is 9.18 Å². The molecule has 1 atom stereocenters.